The fraction of sp³-hybridized carbons (Fsp3) is 0.364. The number of ether oxygens (including phenoxy) is 2. The number of hydrogen-bond acceptors (Lipinski definition) is 4. The van der Waals surface area contributed by atoms with Gasteiger partial charge < -0.3 is 20.3 Å². The first-order chi connectivity index (χ1) is 8.04. The molecule has 0 saturated heterocycles. The Balaban J connectivity index is 3.39. The third kappa shape index (κ3) is 2.65. The summed E-state index contributed by atoms with van der Waals surface area (Å²) in [5.41, 5.74) is 5.54. The van der Waals surface area contributed by atoms with Crippen molar-refractivity contribution in [3.63, 3.8) is 0 Å². The predicted octanol–water partition coefficient (Wildman–Crippen LogP) is 0.970. The summed E-state index contributed by atoms with van der Waals surface area (Å²) in [6.07, 6.45) is 0. The van der Waals surface area contributed by atoms with Crippen molar-refractivity contribution < 1.29 is 23.8 Å². The van der Waals surface area contributed by atoms with Crippen LogP contribution in [0.2, 0.25) is 0 Å². The molecule has 0 spiro atoms. The second-order valence-electron chi connectivity index (χ2n) is 3.36. The first-order valence-electron chi connectivity index (χ1n) is 4.89. The van der Waals surface area contributed by atoms with Crippen LogP contribution in [-0.4, -0.2) is 31.8 Å². The molecule has 17 heavy (non-hydrogen) atoms. The lowest BCUT2D eigenvalue weighted by Gasteiger charge is -2.17. The van der Waals surface area contributed by atoms with E-state index in [0.29, 0.717) is 0 Å². The Morgan fingerprint density at radius 1 is 1.47 bits per heavy atom. The van der Waals surface area contributed by atoms with Gasteiger partial charge in [0.2, 0.25) is 0 Å². The van der Waals surface area contributed by atoms with Crippen LogP contribution >= 0.6 is 0 Å². The van der Waals surface area contributed by atoms with E-state index in [1.54, 1.807) is 0 Å². The number of methoxy groups -OCH3 is 2. The van der Waals surface area contributed by atoms with Crippen LogP contribution in [0.3, 0.4) is 0 Å². The summed E-state index contributed by atoms with van der Waals surface area (Å²) in [5, 5.41) is 9.00. The van der Waals surface area contributed by atoms with Gasteiger partial charge in [0.1, 0.15) is 5.82 Å². The number of nitrogens with two attached hydrogens (primary N) is 1. The van der Waals surface area contributed by atoms with Gasteiger partial charge in [-0.25, -0.2) is 4.39 Å². The van der Waals surface area contributed by atoms with E-state index < -0.39 is 17.7 Å². The van der Waals surface area contributed by atoms with Crippen molar-refractivity contribution in [2.75, 3.05) is 20.8 Å². The average Bonchev–Trinajstić information content (AvgIpc) is 2.28. The Morgan fingerprint density at radius 3 is 2.53 bits per heavy atom. The van der Waals surface area contributed by atoms with Crippen LogP contribution in [0.25, 0.3) is 0 Å². The van der Waals surface area contributed by atoms with Gasteiger partial charge in [-0.15, -0.1) is 0 Å². The van der Waals surface area contributed by atoms with Crippen LogP contribution in [0.4, 0.5) is 4.39 Å². The molecule has 0 amide bonds. The summed E-state index contributed by atoms with van der Waals surface area (Å²) < 4.78 is 23.3. The summed E-state index contributed by atoms with van der Waals surface area (Å²) in [7, 11) is 2.70. The van der Waals surface area contributed by atoms with Gasteiger partial charge in [-0.1, -0.05) is 0 Å². The first-order valence-corrected chi connectivity index (χ1v) is 4.89. The van der Waals surface area contributed by atoms with Gasteiger partial charge in [-0.3, -0.25) is 4.79 Å². The third-order valence-electron chi connectivity index (χ3n) is 2.38. The largest absolute Gasteiger partial charge is 0.493 e. The lowest BCUT2D eigenvalue weighted by molar-refractivity contribution is -0.138. The fourth-order valence-electron chi connectivity index (χ4n) is 1.58. The molecule has 94 valence electrons. The van der Waals surface area contributed by atoms with Crippen molar-refractivity contribution in [1.82, 2.24) is 0 Å². The highest BCUT2D eigenvalue weighted by Gasteiger charge is 2.25. The molecule has 0 fully saturated rings. The SMILES string of the molecule is COc1cc(F)cc(C(CN)C(=O)O)c1OC. The summed E-state index contributed by atoms with van der Waals surface area (Å²) in [5.74, 6) is -2.45. The minimum Gasteiger partial charge on any atom is -0.493 e. The molecule has 0 radical (unpaired) electrons. The lowest BCUT2D eigenvalue weighted by Crippen LogP contribution is -2.22. The molecule has 1 atom stereocenters. The average molecular weight is 243 g/mol. The molecule has 1 rings (SSSR count). The summed E-state index contributed by atoms with van der Waals surface area (Å²) in [6, 6.07) is 2.21. The molecule has 1 aromatic carbocycles. The monoisotopic (exact) mass is 243 g/mol. The van der Waals surface area contributed by atoms with Crippen molar-refractivity contribution in [2.45, 2.75) is 5.92 Å². The van der Waals surface area contributed by atoms with E-state index in [0.717, 1.165) is 12.1 Å². The quantitative estimate of drug-likeness (QED) is 0.805. The maximum Gasteiger partial charge on any atom is 0.312 e. The van der Waals surface area contributed by atoms with Crippen molar-refractivity contribution in [3.8, 4) is 11.5 Å². The molecule has 1 aromatic rings. The van der Waals surface area contributed by atoms with Crippen molar-refractivity contribution in [2.24, 2.45) is 5.73 Å². The first kappa shape index (κ1) is 13.2. The molecular formula is C11H14FNO4. The van der Waals surface area contributed by atoms with Gasteiger partial charge >= 0.3 is 5.97 Å². The molecule has 0 bridgehead atoms. The third-order valence-corrected chi connectivity index (χ3v) is 2.38. The Morgan fingerprint density at radius 2 is 2.12 bits per heavy atom. The Bertz CT molecular complexity index is 422. The Labute approximate surface area is 97.9 Å². The number of hydrogen-bond donors (Lipinski definition) is 2. The highest BCUT2D eigenvalue weighted by atomic mass is 19.1. The number of carboxylic acid groups (broad SMARTS) is 1. The molecule has 3 N–H and O–H groups in total. The predicted molar refractivity (Wildman–Crippen MR) is 58.9 cm³/mol. The van der Waals surface area contributed by atoms with Gasteiger partial charge in [0.05, 0.1) is 20.1 Å². The van der Waals surface area contributed by atoms with Crippen LogP contribution < -0.4 is 15.2 Å². The van der Waals surface area contributed by atoms with Crippen LogP contribution in [0.5, 0.6) is 11.5 Å². The topological polar surface area (TPSA) is 81.8 Å². The van der Waals surface area contributed by atoms with Gasteiger partial charge in [0.15, 0.2) is 11.5 Å². The minimum absolute atomic E-state index is 0.141. The number of carbonyl (C=O) groups is 1. The van der Waals surface area contributed by atoms with E-state index in [9.17, 15) is 9.18 Å². The number of benzene rings is 1. The highest BCUT2D eigenvalue weighted by molar-refractivity contribution is 5.78. The minimum atomic E-state index is -1.14. The van der Waals surface area contributed by atoms with Crippen LogP contribution in [0.15, 0.2) is 12.1 Å². The van der Waals surface area contributed by atoms with Crippen molar-refractivity contribution in [3.05, 3.63) is 23.5 Å². The summed E-state index contributed by atoms with van der Waals surface area (Å²) in [4.78, 5) is 11.0. The maximum atomic E-state index is 13.3. The summed E-state index contributed by atoms with van der Waals surface area (Å²) >= 11 is 0. The molecule has 0 aliphatic rings. The standard InChI is InChI=1S/C11H14FNO4/c1-16-9-4-6(12)3-7(10(9)17-2)8(5-13)11(14)15/h3-4,8H,5,13H2,1-2H3,(H,14,15). The molecule has 0 heterocycles. The van der Waals surface area contributed by atoms with Gasteiger partial charge in [0.25, 0.3) is 0 Å². The molecule has 1 unspecified atom stereocenters. The second kappa shape index (κ2) is 5.49. The smallest absolute Gasteiger partial charge is 0.312 e. The number of carboxylic acids is 1. The lowest BCUT2D eigenvalue weighted by atomic mass is 9.97. The van der Waals surface area contributed by atoms with Gasteiger partial charge in [0, 0.05) is 18.2 Å². The second-order valence-corrected chi connectivity index (χ2v) is 3.36. The summed E-state index contributed by atoms with van der Waals surface area (Å²) in [6.45, 7) is -0.154. The van der Waals surface area contributed by atoms with Gasteiger partial charge in [-0.2, -0.15) is 0 Å². The van der Waals surface area contributed by atoms with E-state index in [4.69, 9.17) is 20.3 Å². The molecule has 0 aliphatic carbocycles. The maximum absolute atomic E-state index is 13.3. The van der Waals surface area contributed by atoms with E-state index in [-0.39, 0.29) is 23.6 Å². The molecule has 5 nitrogen and oxygen atoms in total. The van der Waals surface area contributed by atoms with E-state index in [1.165, 1.54) is 14.2 Å². The van der Waals surface area contributed by atoms with E-state index >= 15 is 0 Å². The van der Waals surface area contributed by atoms with Crippen LogP contribution in [0, 0.1) is 5.82 Å². The van der Waals surface area contributed by atoms with E-state index in [1.807, 2.05) is 0 Å². The van der Waals surface area contributed by atoms with Gasteiger partial charge in [-0.05, 0) is 6.07 Å². The number of halogens is 1. The Hall–Kier alpha value is -1.82. The zero-order chi connectivity index (χ0) is 13.0. The fourth-order valence-corrected chi connectivity index (χ4v) is 1.58. The molecule has 6 heteroatoms. The molecule has 0 saturated carbocycles. The van der Waals surface area contributed by atoms with Crippen LogP contribution in [0.1, 0.15) is 11.5 Å². The molecule has 0 aliphatic heterocycles. The molecule has 0 aromatic heterocycles. The van der Waals surface area contributed by atoms with Crippen molar-refractivity contribution in [1.29, 1.82) is 0 Å². The Kier molecular flexibility index (Phi) is 4.28. The van der Waals surface area contributed by atoms with Crippen molar-refractivity contribution >= 4 is 5.97 Å². The zero-order valence-electron chi connectivity index (χ0n) is 9.57. The molecular weight excluding hydrogens is 229 g/mol. The highest BCUT2D eigenvalue weighted by Crippen LogP contribution is 2.36. The number of aliphatic carboxylic acids is 1. The van der Waals surface area contributed by atoms with Crippen LogP contribution in [-0.2, 0) is 4.79 Å². The zero-order valence-corrected chi connectivity index (χ0v) is 9.57. The number of rotatable bonds is 5. The normalized spacial score (nSPS) is 12.0. The van der Waals surface area contributed by atoms with E-state index in [2.05, 4.69) is 0 Å².